The zero-order valence-electron chi connectivity index (χ0n) is 11.5. The standard InChI is InChI=1S/C16H11BrN4S/c17-11-6-7-13-12(8-11)14-15(18-13)19-16(21-20-14)22-9-10-4-2-1-3-5-10/h1-8H,9H2,(H,18,19,21). The molecule has 0 radical (unpaired) electrons. The van der Waals surface area contributed by atoms with Gasteiger partial charge in [-0.15, -0.1) is 10.2 Å². The molecule has 2 aromatic carbocycles. The van der Waals surface area contributed by atoms with Crippen LogP contribution >= 0.6 is 27.7 Å². The zero-order chi connectivity index (χ0) is 14.9. The van der Waals surface area contributed by atoms with E-state index in [1.807, 2.05) is 36.4 Å². The molecule has 2 aromatic heterocycles. The Kier molecular flexibility index (Phi) is 3.56. The fourth-order valence-corrected chi connectivity index (χ4v) is 3.42. The molecule has 22 heavy (non-hydrogen) atoms. The molecule has 2 heterocycles. The van der Waals surface area contributed by atoms with E-state index in [0.29, 0.717) is 5.16 Å². The highest BCUT2D eigenvalue weighted by molar-refractivity contribution is 9.10. The molecule has 6 heteroatoms. The summed E-state index contributed by atoms with van der Waals surface area (Å²) in [4.78, 5) is 7.87. The topological polar surface area (TPSA) is 54.5 Å². The van der Waals surface area contributed by atoms with Crippen LogP contribution in [0.3, 0.4) is 0 Å². The lowest BCUT2D eigenvalue weighted by Crippen LogP contribution is -1.92. The second kappa shape index (κ2) is 5.70. The van der Waals surface area contributed by atoms with E-state index >= 15 is 0 Å². The molecule has 0 aliphatic rings. The third kappa shape index (κ3) is 2.60. The number of H-pyrrole nitrogens is 1. The molecular weight excluding hydrogens is 360 g/mol. The molecule has 0 fully saturated rings. The van der Waals surface area contributed by atoms with E-state index in [0.717, 1.165) is 32.3 Å². The third-order valence-electron chi connectivity index (χ3n) is 3.37. The maximum absolute atomic E-state index is 4.58. The lowest BCUT2D eigenvalue weighted by molar-refractivity contribution is 0.878. The second-order valence-corrected chi connectivity index (χ2v) is 6.74. The molecular formula is C16H11BrN4S. The van der Waals surface area contributed by atoms with Crippen LogP contribution in [0, 0.1) is 0 Å². The molecule has 0 unspecified atom stereocenters. The normalized spacial score (nSPS) is 11.3. The van der Waals surface area contributed by atoms with E-state index in [1.165, 1.54) is 5.56 Å². The van der Waals surface area contributed by atoms with Gasteiger partial charge >= 0.3 is 0 Å². The molecule has 0 spiro atoms. The van der Waals surface area contributed by atoms with E-state index in [1.54, 1.807) is 11.8 Å². The predicted molar refractivity (Wildman–Crippen MR) is 92.9 cm³/mol. The lowest BCUT2D eigenvalue weighted by atomic mass is 10.2. The summed E-state index contributed by atoms with van der Waals surface area (Å²) in [6.45, 7) is 0. The molecule has 0 aliphatic heterocycles. The van der Waals surface area contributed by atoms with E-state index in [4.69, 9.17) is 0 Å². The summed E-state index contributed by atoms with van der Waals surface area (Å²) in [5.41, 5.74) is 3.85. The first-order valence-corrected chi connectivity index (χ1v) is 8.56. The predicted octanol–water partition coefficient (Wildman–Crippen LogP) is 4.56. The summed E-state index contributed by atoms with van der Waals surface area (Å²) in [6, 6.07) is 16.3. The molecule has 1 N–H and O–H groups in total. The minimum atomic E-state index is 0.682. The van der Waals surface area contributed by atoms with Gasteiger partial charge in [0.2, 0.25) is 5.16 Å². The molecule has 108 valence electrons. The van der Waals surface area contributed by atoms with Crippen molar-refractivity contribution >= 4 is 49.8 Å². The van der Waals surface area contributed by atoms with E-state index in [2.05, 4.69) is 48.2 Å². The smallest absolute Gasteiger partial charge is 0.211 e. The Balaban J connectivity index is 1.67. The third-order valence-corrected chi connectivity index (χ3v) is 4.77. The molecule has 4 rings (SSSR count). The maximum Gasteiger partial charge on any atom is 0.211 e. The molecule has 4 aromatic rings. The number of aromatic nitrogens is 4. The van der Waals surface area contributed by atoms with Crippen LogP contribution < -0.4 is 0 Å². The molecule has 0 bridgehead atoms. The Hall–Kier alpha value is -1.92. The lowest BCUT2D eigenvalue weighted by Gasteiger charge is -1.99. The van der Waals surface area contributed by atoms with Crippen molar-refractivity contribution in [1.29, 1.82) is 0 Å². The minimum absolute atomic E-state index is 0.682. The number of benzene rings is 2. The van der Waals surface area contributed by atoms with Crippen molar-refractivity contribution < 1.29 is 0 Å². The van der Waals surface area contributed by atoms with Crippen LogP contribution in [0.4, 0.5) is 0 Å². The molecule has 0 atom stereocenters. The number of thioether (sulfide) groups is 1. The zero-order valence-corrected chi connectivity index (χ0v) is 13.9. The van der Waals surface area contributed by atoms with Gasteiger partial charge < -0.3 is 4.98 Å². The Bertz CT molecular complexity index is 952. The van der Waals surface area contributed by atoms with E-state index in [9.17, 15) is 0 Å². The van der Waals surface area contributed by atoms with Crippen LogP contribution in [-0.4, -0.2) is 20.2 Å². The van der Waals surface area contributed by atoms with Crippen molar-refractivity contribution in [1.82, 2.24) is 20.2 Å². The maximum atomic E-state index is 4.58. The molecule has 0 amide bonds. The average Bonchev–Trinajstić information content (AvgIpc) is 2.91. The van der Waals surface area contributed by atoms with Gasteiger partial charge in [-0.3, -0.25) is 0 Å². The first-order chi connectivity index (χ1) is 10.8. The highest BCUT2D eigenvalue weighted by Crippen LogP contribution is 2.27. The first kappa shape index (κ1) is 13.7. The minimum Gasteiger partial charge on any atom is -0.338 e. The SMILES string of the molecule is Brc1ccc2[nH]c3nc(SCc4ccccc4)nnc3c2c1. The van der Waals surface area contributed by atoms with Crippen molar-refractivity contribution in [3.63, 3.8) is 0 Å². The Labute approximate surface area is 139 Å². The molecule has 0 aliphatic carbocycles. The Morgan fingerprint density at radius 3 is 2.77 bits per heavy atom. The fraction of sp³-hybridized carbons (Fsp3) is 0.0625. The van der Waals surface area contributed by atoms with Crippen LogP contribution in [0.2, 0.25) is 0 Å². The molecule has 0 saturated heterocycles. The van der Waals surface area contributed by atoms with Gasteiger partial charge in [0.25, 0.3) is 0 Å². The van der Waals surface area contributed by atoms with E-state index in [-0.39, 0.29) is 0 Å². The van der Waals surface area contributed by atoms with Crippen molar-refractivity contribution in [3.05, 3.63) is 58.6 Å². The van der Waals surface area contributed by atoms with Crippen LogP contribution in [0.15, 0.2) is 58.2 Å². The summed E-state index contributed by atoms with van der Waals surface area (Å²) in [5.74, 6) is 0.833. The summed E-state index contributed by atoms with van der Waals surface area (Å²) >= 11 is 5.07. The Morgan fingerprint density at radius 2 is 1.91 bits per heavy atom. The van der Waals surface area contributed by atoms with Crippen molar-refractivity contribution in [2.75, 3.05) is 0 Å². The van der Waals surface area contributed by atoms with Crippen LogP contribution in [-0.2, 0) is 5.75 Å². The second-order valence-electron chi connectivity index (χ2n) is 4.88. The number of halogens is 1. The summed E-state index contributed by atoms with van der Waals surface area (Å²) in [7, 11) is 0. The van der Waals surface area contributed by atoms with Gasteiger partial charge in [0.1, 0.15) is 5.52 Å². The summed E-state index contributed by atoms with van der Waals surface area (Å²) < 4.78 is 1.02. The van der Waals surface area contributed by atoms with Crippen molar-refractivity contribution in [3.8, 4) is 0 Å². The number of hydrogen-bond donors (Lipinski definition) is 1. The number of nitrogens with zero attached hydrogens (tertiary/aromatic N) is 3. The Morgan fingerprint density at radius 1 is 1.05 bits per heavy atom. The largest absolute Gasteiger partial charge is 0.338 e. The van der Waals surface area contributed by atoms with Gasteiger partial charge in [0, 0.05) is 21.1 Å². The van der Waals surface area contributed by atoms with Crippen molar-refractivity contribution in [2.45, 2.75) is 10.9 Å². The quantitative estimate of drug-likeness (QED) is 0.537. The van der Waals surface area contributed by atoms with Gasteiger partial charge in [-0.2, -0.15) is 0 Å². The highest BCUT2D eigenvalue weighted by Gasteiger charge is 2.09. The number of rotatable bonds is 3. The molecule has 4 nitrogen and oxygen atoms in total. The van der Waals surface area contributed by atoms with Gasteiger partial charge in [0.05, 0.1) is 0 Å². The van der Waals surface area contributed by atoms with E-state index < -0.39 is 0 Å². The molecule has 0 saturated carbocycles. The van der Waals surface area contributed by atoms with Gasteiger partial charge in [-0.25, -0.2) is 4.98 Å². The first-order valence-electron chi connectivity index (χ1n) is 6.78. The fourth-order valence-electron chi connectivity index (χ4n) is 2.31. The van der Waals surface area contributed by atoms with Crippen LogP contribution in [0.5, 0.6) is 0 Å². The number of aromatic amines is 1. The summed E-state index contributed by atoms with van der Waals surface area (Å²) in [5, 5.41) is 10.3. The van der Waals surface area contributed by atoms with Crippen LogP contribution in [0.1, 0.15) is 5.56 Å². The number of nitrogens with one attached hydrogen (secondary N) is 1. The number of fused-ring (bicyclic) bond motifs is 3. The van der Waals surface area contributed by atoms with Crippen molar-refractivity contribution in [2.24, 2.45) is 0 Å². The van der Waals surface area contributed by atoms with Gasteiger partial charge in [0.15, 0.2) is 5.65 Å². The summed E-state index contributed by atoms with van der Waals surface area (Å²) in [6.07, 6.45) is 0. The average molecular weight is 371 g/mol. The van der Waals surface area contributed by atoms with Gasteiger partial charge in [-0.05, 0) is 23.8 Å². The van der Waals surface area contributed by atoms with Gasteiger partial charge in [-0.1, -0.05) is 58.0 Å². The number of hydrogen-bond acceptors (Lipinski definition) is 4. The monoisotopic (exact) mass is 370 g/mol. The van der Waals surface area contributed by atoms with Crippen LogP contribution in [0.25, 0.3) is 22.1 Å². The highest BCUT2D eigenvalue weighted by atomic mass is 79.9.